The first kappa shape index (κ1) is 31.0. The summed E-state index contributed by atoms with van der Waals surface area (Å²) in [6, 6.07) is 94.5. The van der Waals surface area contributed by atoms with E-state index in [9.17, 15) is 0 Å². The zero-order valence-corrected chi connectivity index (χ0v) is 31.1. The monoisotopic (exact) mass is 712 g/mol. The van der Waals surface area contributed by atoms with Crippen molar-refractivity contribution in [2.45, 2.75) is 43.3 Å². The molecule has 0 nitrogen and oxygen atoms in total. The molecule has 56 heavy (non-hydrogen) atoms. The fourth-order valence-corrected chi connectivity index (χ4v) is 17.1. The highest BCUT2D eigenvalue weighted by Gasteiger charge is 3.38. The summed E-state index contributed by atoms with van der Waals surface area (Å²) >= 11 is 0. The quantitative estimate of drug-likeness (QED) is 0.147. The molecule has 6 aliphatic carbocycles. The van der Waals surface area contributed by atoms with Crippen molar-refractivity contribution < 1.29 is 0 Å². The fraction of sp³-hybridized carbons (Fsp3) is 0.143. The highest BCUT2D eigenvalue weighted by atomic mass is 15.4. The van der Waals surface area contributed by atoms with Crippen LogP contribution in [0.2, 0.25) is 0 Å². The van der Waals surface area contributed by atoms with Gasteiger partial charge in [-0.05, 0) is 44.5 Å². The maximum Gasteiger partial charge on any atom is 0.0299 e. The summed E-state index contributed by atoms with van der Waals surface area (Å²) in [5.41, 5.74) is 8.88. The third-order valence-corrected chi connectivity index (χ3v) is 16.4. The number of benzene rings is 8. The van der Waals surface area contributed by atoms with E-state index in [0.29, 0.717) is 0 Å². The highest BCUT2D eigenvalue weighted by Crippen LogP contribution is 3.29. The lowest BCUT2D eigenvalue weighted by Gasteiger charge is -3.32. The van der Waals surface area contributed by atoms with E-state index < -0.39 is 0 Å². The Labute approximate surface area is 329 Å². The van der Waals surface area contributed by atoms with Gasteiger partial charge in [0.15, 0.2) is 0 Å². The van der Waals surface area contributed by atoms with Crippen molar-refractivity contribution in [1.29, 1.82) is 0 Å². The molecular formula is C56H40. The molecule has 0 heteroatoms. The summed E-state index contributed by atoms with van der Waals surface area (Å²) < 4.78 is 0. The molecule has 6 aliphatic rings. The predicted molar refractivity (Wildman–Crippen MR) is 225 cm³/mol. The minimum absolute atomic E-state index is 0.337. The first-order chi connectivity index (χ1) is 27.8. The van der Waals surface area contributed by atoms with Crippen LogP contribution in [0.1, 0.15) is 44.5 Å². The molecular weight excluding hydrogens is 673 g/mol. The smallest absolute Gasteiger partial charge is 0.0299 e. The van der Waals surface area contributed by atoms with E-state index in [4.69, 9.17) is 0 Å². The Morgan fingerprint density at radius 2 is 0.214 bits per heavy atom. The van der Waals surface area contributed by atoms with Crippen LogP contribution in [-0.2, 0) is 43.3 Å². The average molecular weight is 713 g/mol. The van der Waals surface area contributed by atoms with Gasteiger partial charge in [-0.25, -0.2) is 0 Å². The molecule has 264 valence electrons. The van der Waals surface area contributed by atoms with Gasteiger partial charge in [-0.2, -0.15) is 0 Å². The number of hydrogen-bond donors (Lipinski definition) is 0. The van der Waals surface area contributed by atoms with E-state index >= 15 is 0 Å². The lowest BCUT2D eigenvalue weighted by molar-refractivity contribution is -0.682. The van der Waals surface area contributed by atoms with Crippen LogP contribution < -0.4 is 0 Å². The third kappa shape index (κ3) is 2.29. The van der Waals surface area contributed by atoms with Crippen LogP contribution in [0.3, 0.4) is 0 Å². The number of rotatable bonds is 8. The summed E-state index contributed by atoms with van der Waals surface area (Å²) in [4.78, 5) is 0. The van der Waals surface area contributed by atoms with E-state index in [2.05, 4.69) is 243 Å². The van der Waals surface area contributed by atoms with Crippen LogP contribution in [0.25, 0.3) is 0 Å². The lowest BCUT2D eigenvalue weighted by Crippen LogP contribution is -3.41. The van der Waals surface area contributed by atoms with Crippen LogP contribution in [0, 0.1) is 0 Å². The lowest BCUT2D eigenvalue weighted by atomic mass is 8.67. The van der Waals surface area contributed by atoms with Crippen LogP contribution in [0.5, 0.6) is 0 Å². The largest absolute Gasteiger partial charge is 0.0622 e. The Morgan fingerprint density at radius 3 is 0.304 bits per heavy atom. The highest BCUT2D eigenvalue weighted by molar-refractivity contribution is 6.09. The van der Waals surface area contributed by atoms with Gasteiger partial charge in [0.25, 0.3) is 0 Å². The Kier molecular flexibility index (Phi) is 5.51. The molecule has 0 radical (unpaired) electrons. The summed E-state index contributed by atoms with van der Waals surface area (Å²) in [5.74, 6) is 0. The molecule has 0 heterocycles. The van der Waals surface area contributed by atoms with E-state index in [1.165, 1.54) is 44.5 Å². The molecule has 0 atom stereocenters. The molecule has 0 saturated heterocycles. The predicted octanol–water partition coefficient (Wildman–Crippen LogP) is 11.6. The molecule has 8 aromatic carbocycles. The minimum atomic E-state index is -0.337. The van der Waals surface area contributed by atoms with Crippen molar-refractivity contribution in [2.24, 2.45) is 0 Å². The van der Waals surface area contributed by atoms with Crippen molar-refractivity contribution in [1.82, 2.24) is 0 Å². The summed E-state index contributed by atoms with van der Waals surface area (Å²) in [6.07, 6.45) is 0. The summed E-state index contributed by atoms with van der Waals surface area (Å²) in [7, 11) is 0. The van der Waals surface area contributed by atoms with Crippen LogP contribution in [-0.4, -0.2) is 0 Å². The topological polar surface area (TPSA) is 0 Å². The molecule has 14 rings (SSSR count). The number of hydrogen-bond acceptors (Lipinski definition) is 0. The van der Waals surface area contributed by atoms with Crippen molar-refractivity contribution in [3.63, 3.8) is 0 Å². The van der Waals surface area contributed by atoms with E-state index in [1.54, 1.807) is 0 Å². The van der Waals surface area contributed by atoms with Crippen LogP contribution in [0.4, 0.5) is 0 Å². The molecule has 0 aliphatic heterocycles. The first-order valence-electron chi connectivity index (χ1n) is 20.3. The van der Waals surface area contributed by atoms with E-state index in [-0.39, 0.29) is 43.3 Å². The zero-order chi connectivity index (χ0) is 36.9. The van der Waals surface area contributed by atoms with Gasteiger partial charge < -0.3 is 0 Å². The summed E-state index contributed by atoms with van der Waals surface area (Å²) in [5, 5.41) is 0. The SMILES string of the molecule is c1ccc(C23C4(c5ccccc5)C5(c6ccccc6)C2(c2ccccc2)C2(c6ccccc6)C3(c3ccccc3)C4(c3ccccc3)C52c2ccccc2)cc1. The van der Waals surface area contributed by atoms with Gasteiger partial charge >= 0.3 is 0 Å². The molecule has 6 saturated carbocycles. The Bertz CT molecular complexity index is 2120. The van der Waals surface area contributed by atoms with Crippen molar-refractivity contribution in [3.05, 3.63) is 287 Å². The second kappa shape index (κ2) is 9.94. The third-order valence-electron chi connectivity index (χ3n) is 16.4. The second-order valence-electron chi connectivity index (χ2n) is 16.9. The fourth-order valence-electron chi connectivity index (χ4n) is 17.1. The zero-order valence-electron chi connectivity index (χ0n) is 31.1. The normalized spacial score (nSPS) is 35.7. The summed E-state index contributed by atoms with van der Waals surface area (Å²) in [6.45, 7) is 0. The van der Waals surface area contributed by atoms with Gasteiger partial charge in [0, 0.05) is 43.3 Å². The van der Waals surface area contributed by atoms with Gasteiger partial charge in [-0.1, -0.05) is 243 Å². The minimum Gasteiger partial charge on any atom is -0.0622 e. The first-order valence-corrected chi connectivity index (χ1v) is 20.3. The maximum atomic E-state index is 2.49. The van der Waals surface area contributed by atoms with Gasteiger partial charge in [-0.15, -0.1) is 0 Å². The van der Waals surface area contributed by atoms with E-state index in [1.807, 2.05) is 0 Å². The molecule has 0 unspecified atom stereocenters. The standard InChI is InChI=1S/C56H40/c1-9-25-41(26-10-1)49-50(42-27-11-2-12-28-42)53(45-33-17-5-18-34-45)51(49,43-29-13-3-14-30-43)55(47-37-21-7-22-38-47)52(49,44-31-15-4-16-32-44)54(50,46-35-19-6-20-36-46)56(53,55)48-39-23-8-24-40-48/h1-40H. The molecule has 0 spiro atoms. The average Bonchev–Trinajstić information content (AvgIpc) is 3.29. The molecule has 8 aromatic rings. The molecule has 0 aromatic heterocycles. The van der Waals surface area contributed by atoms with Gasteiger partial charge in [-0.3, -0.25) is 0 Å². The van der Waals surface area contributed by atoms with Gasteiger partial charge in [0.05, 0.1) is 0 Å². The second-order valence-corrected chi connectivity index (χ2v) is 16.9. The Hall–Kier alpha value is -6.24. The van der Waals surface area contributed by atoms with Gasteiger partial charge in [0.1, 0.15) is 0 Å². The van der Waals surface area contributed by atoms with E-state index in [0.717, 1.165) is 0 Å². The molecule has 0 amide bonds. The van der Waals surface area contributed by atoms with Crippen molar-refractivity contribution in [3.8, 4) is 0 Å². The Morgan fingerprint density at radius 1 is 0.125 bits per heavy atom. The van der Waals surface area contributed by atoms with Crippen molar-refractivity contribution >= 4 is 0 Å². The molecule has 6 fully saturated rings. The van der Waals surface area contributed by atoms with Crippen LogP contribution >= 0.6 is 0 Å². The molecule has 0 N–H and O–H groups in total. The van der Waals surface area contributed by atoms with Crippen LogP contribution in [0.15, 0.2) is 243 Å². The van der Waals surface area contributed by atoms with Crippen molar-refractivity contribution in [2.75, 3.05) is 0 Å². The Balaban J connectivity index is 1.38. The molecule has 0 bridgehead atoms. The maximum absolute atomic E-state index is 2.49. The van der Waals surface area contributed by atoms with Gasteiger partial charge in [0.2, 0.25) is 0 Å².